The molecule has 2 amide bonds. The number of sulfonamides is 1. The highest BCUT2D eigenvalue weighted by Crippen LogP contribution is 2.29. The Hall–Kier alpha value is -3.43. The normalized spacial score (nSPS) is 12.2. The molecule has 0 saturated carbocycles. The van der Waals surface area contributed by atoms with Gasteiger partial charge in [-0.25, -0.2) is 12.8 Å². The van der Waals surface area contributed by atoms with Crippen molar-refractivity contribution in [1.82, 2.24) is 10.2 Å². The number of aryl methyl sites for hydroxylation is 2. The molecule has 0 aliphatic rings. The lowest BCUT2D eigenvalue weighted by atomic mass is 10.1. The maximum absolute atomic E-state index is 14.6. The molecule has 0 saturated heterocycles. The van der Waals surface area contributed by atoms with Crippen molar-refractivity contribution in [3.63, 3.8) is 0 Å². The van der Waals surface area contributed by atoms with Gasteiger partial charge < -0.3 is 10.2 Å². The molecule has 0 fully saturated rings. The average Bonchev–Trinajstić information content (AvgIpc) is 2.90. The Morgan fingerprint density at radius 2 is 1.62 bits per heavy atom. The summed E-state index contributed by atoms with van der Waals surface area (Å²) in [6, 6.07) is 16.0. The van der Waals surface area contributed by atoms with Gasteiger partial charge in [0.05, 0.1) is 10.6 Å². The van der Waals surface area contributed by atoms with Crippen LogP contribution in [0.5, 0.6) is 0 Å². The number of nitrogens with zero attached hydrogens (tertiary/aromatic N) is 2. The van der Waals surface area contributed by atoms with E-state index in [0.29, 0.717) is 17.1 Å². The first-order valence-corrected chi connectivity index (χ1v) is 14.8. The van der Waals surface area contributed by atoms with E-state index in [0.717, 1.165) is 9.87 Å². The second-order valence-electron chi connectivity index (χ2n) is 10.2. The molecule has 0 bridgehead atoms. The van der Waals surface area contributed by atoms with Crippen molar-refractivity contribution < 1.29 is 22.4 Å². The minimum absolute atomic E-state index is 0.00336. The molecular weight excluding hydrogens is 553 g/mol. The van der Waals surface area contributed by atoms with Gasteiger partial charge in [0.1, 0.15) is 18.4 Å². The predicted octanol–water partition coefficient (Wildman–Crippen LogP) is 5.48. The van der Waals surface area contributed by atoms with Crippen molar-refractivity contribution in [2.75, 3.05) is 17.4 Å². The van der Waals surface area contributed by atoms with Gasteiger partial charge >= 0.3 is 0 Å². The van der Waals surface area contributed by atoms with Crippen LogP contribution in [0.2, 0.25) is 5.02 Å². The molecule has 10 heteroatoms. The maximum Gasteiger partial charge on any atom is 0.264 e. The number of anilines is 1. The summed E-state index contributed by atoms with van der Waals surface area (Å²) >= 11 is 6.14. The second-order valence-corrected chi connectivity index (χ2v) is 12.5. The molecule has 0 spiro atoms. The Morgan fingerprint density at radius 1 is 0.975 bits per heavy atom. The number of nitrogens with one attached hydrogen (secondary N) is 1. The second kappa shape index (κ2) is 13.3. The van der Waals surface area contributed by atoms with E-state index in [1.165, 1.54) is 41.3 Å². The summed E-state index contributed by atoms with van der Waals surface area (Å²) in [6.45, 7) is 8.51. The highest BCUT2D eigenvalue weighted by molar-refractivity contribution is 7.92. The molecule has 7 nitrogen and oxygen atoms in total. The standard InChI is InChI=1S/C30H35ClFN3O4S/c1-20(2)17-33-30(37)23(5)34(18-24-8-6-7-9-27(24)32)29(36)19-35(28-15-12-25(31)16-22(28)4)40(38,39)26-13-10-21(3)11-14-26/h6-16,20,23H,17-19H2,1-5H3,(H,33,37)/t23-/m1/s1. The first kappa shape index (κ1) is 31.1. The third-order valence-corrected chi connectivity index (χ3v) is 8.47. The van der Waals surface area contributed by atoms with Gasteiger partial charge in [0.2, 0.25) is 11.8 Å². The van der Waals surface area contributed by atoms with Crippen molar-refractivity contribution in [3.05, 3.63) is 94.3 Å². The fourth-order valence-corrected chi connectivity index (χ4v) is 5.80. The molecule has 0 aliphatic carbocycles. The van der Waals surface area contributed by atoms with Gasteiger partial charge in [0, 0.05) is 23.7 Å². The van der Waals surface area contributed by atoms with Gasteiger partial charge in [0.25, 0.3) is 10.0 Å². The lowest BCUT2D eigenvalue weighted by Gasteiger charge is -2.32. The summed E-state index contributed by atoms with van der Waals surface area (Å²) < 4.78 is 43.5. The van der Waals surface area contributed by atoms with Gasteiger partial charge in [-0.3, -0.25) is 13.9 Å². The fourth-order valence-electron chi connectivity index (χ4n) is 4.09. The van der Waals surface area contributed by atoms with Gasteiger partial charge in [-0.2, -0.15) is 0 Å². The van der Waals surface area contributed by atoms with Crippen LogP contribution in [0, 0.1) is 25.6 Å². The number of halogens is 2. The van der Waals surface area contributed by atoms with Crippen LogP contribution in [0.1, 0.15) is 37.5 Å². The molecule has 0 aliphatic heterocycles. The zero-order valence-corrected chi connectivity index (χ0v) is 24.9. The smallest absolute Gasteiger partial charge is 0.264 e. The van der Waals surface area contributed by atoms with E-state index >= 15 is 0 Å². The van der Waals surface area contributed by atoms with E-state index in [1.807, 2.05) is 20.8 Å². The predicted molar refractivity (Wildman–Crippen MR) is 156 cm³/mol. The Bertz CT molecular complexity index is 1460. The number of hydrogen-bond acceptors (Lipinski definition) is 4. The molecule has 0 heterocycles. The number of carbonyl (C=O) groups excluding carboxylic acids is 2. The van der Waals surface area contributed by atoms with Crippen LogP contribution in [0.4, 0.5) is 10.1 Å². The quantitative estimate of drug-likeness (QED) is 0.322. The number of hydrogen-bond donors (Lipinski definition) is 1. The Balaban J connectivity index is 2.06. The monoisotopic (exact) mass is 587 g/mol. The van der Waals surface area contributed by atoms with Crippen LogP contribution >= 0.6 is 11.6 Å². The summed E-state index contributed by atoms with van der Waals surface area (Å²) in [4.78, 5) is 28.2. The minimum atomic E-state index is -4.22. The number of carbonyl (C=O) groups is 2. The molecule has 1 atom stereocenters. The Morgan fingerprint density at radius 3 is 2.23 bits per heavy atom. The van der Waals surface area contributed by atoms with Crippen LogP contribution in [0.3, 0.4) is 0 Å². The highest BCUT2D eigenvalue weighted by atomic mass is 35.5. The first-order valence-electron chi connectivity index (χ1n) is 13.0. The van der Waals surface area contributed by atoms with Crippen LogP contribution in [0.15, 0.2) is 71.6 Å². The zero-order chi connectivity index (χ0) is 29.6. The average molecular weight is 588 g/mol. The van der Waals surface area contributed by atoms with Crippen LogP contribution in [0.25, 0.3) is 0 Å². The van der Waals surface area contributed by atoms with E-state index < -0.39 is 40.2 Å². The van der Waals surface area contributed by atoms with Crippen LogP contribution in [-0.4, -0.2) is 44.3 Å². The molecule has 3 aromatic carbocycles. The lowest BCUT2D eigenvalue weighted by molar-refractivity contribution is -0.139. The van der Waals surface area contributed by atoms with Gasteiger partial charge in [-0.1, -0.05) is 61.3 Å². The molecule has 0 radical (unpaired) electrons. The van der Waals surface area contributed by atoms with E-state index in [1.54, 1.807) is 44.2 Å². The molecule has 0 unspecified atom stereocenters. The molecular formula is C30H35ClFN3O4S. The molecule has 3 aromatic rings. The molecule has 40 heavy (non-hydrogen) atoms. The largest absolute Gasteiger partial charge is 0.354 e. The van der Waals surface area contributed by atoms with Crippen molar-refractivity contribution in [2.45, 2.75) is 52.1 Å². The number of amides is 2. The summed E-state index contributed by atoms with van der Waals surface area (Å²) in [7, 11) is -4.22. The maximum atomic E-state index is 14.6. The summed E-state index contributed by atoms with van der Waals surface area (Å²) in [5.74, 6) is -1.45. The SMILES string of the molecule is Cc1ccc(S(=O)(=O)N(CC(=O)N(Cc2ccccc2F)[C@H](C)C(=O)NCC(C)C)c2ccc(Cl)cc2C)cc1. The van der Waals surface area contributed by atoms with Gasteiger partial charge in [0.15, 0.2) is 0 Å². The van der Waals surface area contributed by atoms with Gasteiger partial charge in [-0.15, -0.1) is 0 Å². The molecule has 3 rings (SSSR count). The summed E-state index contributed by atoms with van der Waals surface area (Å²) in [5, 5.41) is 3.22. The van der Waals surface area contributed by atoms with Crippen molar-refractivity contribution in [3.8, 4) is 0 Å². The van der Waals surface area contributed by atoms with E-state index in [4.69, 9.17) is 11.6 Å². The first-order chi connectivity index (χ1) is 18.8. The summed E-state index contributed by atoms with van der Waals surface area (Å²) in [5.41, 5.74) is 1.89. The van der Waals surface area contributed by atoms with Crippen molar-refractivity contribution in [2.24, 2.45) is 5.92 Å². The Kier molecular flexibility index (Phi) is 10.3. The molecule has 214 valence electrons. The summed E-state index contributed by atoms with van der Waals surface area (Å²) in [6.07, 6.45) is 0. The fraction of sp³-hybridized carbons (Fsp3) is 0.333. The topological polar surface area (TPSA) is 86.8 Å². The van der Waals surface area contributed by atoms with Gasteiger partial charge in [-0.05, 0) is 68.7 Å². The third-order valence-electron chi connectivity index (χ3n) is 6.47. The van der Waals surface area contributed by atoms with E-state index in [-0.39, 0.29) is 28.6 Å². The van der Waals surface area contributed by atoms with Crippen molar-refractivity contribution >= 4 is 39.1 Å². The highest BCUT2D eigenvalue weighted by Gasteiger charge is 2.33. The van der Waals surface area contributed by atoms with Crippen LogP contribution in [-0.2, 0) is 26.2 Å². The molecule has 0 aromatic heterocycles. The minimum Gasteiger partial charge on any atom is -0.354 e. The van der Waals surface area contributed by atoms with Crippen LogP contribution < -0.4 is 9.62 Å². The lowest BCUT2D eigenvalue weighted by Crippen LogP contribution is -2.51. The third kappa shape index (κ3) is 7.61. The Labute approximate surface area is 241 Å². The van der Waals surface area contributed by atoms with E-state index in [2.05, 4.69) is 5.32 Å². The number of rotatable bonds is 11. The van der Waals surface area contributed by atoms with E-state index in [9.17, 15) is 22.4 Å². The molecule has 1 N–H and O–H groups in total. The number of benzene rings is 3. The van der Waals surface area contributed by atoms with Crippen molar-refractivity contribution in [1.29, 1.82) is 0 Å². The zero-order valence-electron chi connectivity index (χ0n) is 23.3.